The molecule has 27 heavy (non-hydrogen) atoms. The lowest BCUT2D eigenvalue weighted by Crippen LogP contribution is -1.95. The fourth-order valence-corrected chi connectivity index (χ4v) is 3.02. The molecule has 0 radical (unpaired) electrons. The Bertz CT molecular complexity index is 860. The largest absolute Gasteiger partial charge is 0.494 e. The maximum Gasteiger partial charge on any atom is 0.159 e. The van der Waals surface area contributed by atoms with Crippen LogP contribution in [-0.2, 0) is 12.8 Å². The molecule has 0 amide bonds. The molecule has 0 atom stereocenters. The van der Waals surface area contributed by atoms with Gasteiger partial charge >= 0.3 is 0 Å². The number of rotatable bonds is 8. The van der Waals surface area contributed by atoms with Crippen LogP contribution in [0.15, 0.2) is 72.8 Å². The average molecular weight is 358 g/mol. The molecule has 3 aromatic carbocycles. The number of aryl methyl sites for hydroxylation is 2. The van der Waals surface area contributed by atoms with E-state index >= 15 is 0 Å². The van der Waals surface area contributed by atoms with Crippen LogP contribution in [0.5, 0.6) is 5.75 Å². The molecule has 0 N–H and O–H groups in total. The van der Waals surface area contributed by atoms with Gasteiger partial charge in [-0.2, -0.15) is 0 Å². The van der Waals surface area contributed by atoms with Crippen molar-refractivity contribution in [2.45, 2.75) is 33.1 Å². The number of carbonyl (C=O) groups excluding carboxylic acids is 1. The van der Waals surface area contributed by atoms with Crippen molar-refractivity contribution < 1.29 is 9.53 Å². The van der Waals surface area contributed by atoms with Crippen molar-refractivity contribution in [3.8, 4) is 16.9 Å². The molecule has 0 fully saturated rings. The predicted octanol–water partition coefficient (Wildman–Crippen LogP) is 6.13. The highest BCUT2D eigenvalue weighted by atomic mass is 16.5. The maximum absolute atomic E-state index is 11.3. The van der Waals surface area contributed by atoms with Gasteiger partial charge in [0, 0.05) is 5.56 Å². The molecule has 0 aliphatic rings. The van der Waals surface area contributed by atoms with E-state index in [0.29, 0.717) is 0 Å². The Kier molecular flexibility index (Phi) is 6.43. The number of benzene rings is 3. The molecule has 0 saturated heterocycles. The van der Waals surface area contributed by atoms with Crippen molar-refractivity contribution in [3.63, 3.8) is 0 Å². The van der Waals surface area contributed by atoms with Gasteiger partial charge in [-0.15, -0.1) is 0 Å². The first kappa shape index (κ1) is 18.9. The third-order valence-electron chi connectivity index (χ3n) is 4.68. The first-order valence-electron chi connectivity index (χ1n) is 9.58. The summed E-state index contributed by atoms with van der Waals surface area (Å²) in [5.74, 6) is 1.04. The zero-order valence-electron chi connectivity index (χ0n) is 16.1. The summed E-state index contributed by atoms with van der Waals surface area (Å²) in [6, 6.07) is 24.9. The second kappa shape index (κ2) is 9.18. The first-order valence-corrected chi connectivity index (χ1v) is 9.58. The Morgan fingerprint density at radius 3 is 1.70 bits per heavy atom. The molecule has 0 heterocycles. The highest BCUT2D eigenvalue weighted by molar-refractivity contribution is 5.94. The number of Topliss-reactive ketones (excluding diaryl/α,β-unsaturated/α-hetero) is 1. The Morgan fingerprint density at radius 1 is 0.741 bits per heavy atom. The zero-order chi connectivity index (χ0) is 19.1. The van der Waals surface area contributed by atoms with Gasteiger partial charge < -0.3 is 4.74 Å². The van der Waals surface area contributed by atoms with Crippen LogP contribution in [0.3, 0.4) is 0 Å². The molecule has 0 aromatic heterocycles. The summed E-state index contributed by atoms with van der Waals surface area (Å²) in [4.78, 5) is 11.3. The van der Waals surface area contributed by atoms with Crippen LogP contribution in [-0.4, -0.2) is 12.4 Å². The van der Waals surface area contributed by atoms with Crippen molar-refractivity contribution in [3.05, 3.63) is 89.5 Å². The quantitative estimate of drug-likeness (QED) is 0.453. The molecule has 0 spiro atoms. The van der Waals surface area contributed by atoms with Crippen LogP contribution in [0, 0.1) is 0 Å². The summed E-state index contributed by atoms with van der Waals surface area (Å²) in [5.41, 5.74) is 5.76. The minimum atomic E-state index is 0.113. The minimum absolute atomic E-state index is 0.113. The van der Waals surface area contributed by atoms with Crippen molar-refractivity contribution >= 4 is 5.78 Å². The summed E-state index contributed by atoms with van der Waals surface area (Å²) < 4.78 is 5.64. The molecule has 2 heteroatoms. The monoisotopic (exact) mass is 358 g/mol. The van der Waals surface area contributed by atoms with E-state index in [9.17, 15) is 4.79 Å². The molecule has 0 aliphatic heterocycles. The highest BCUT2D eigenvalue weighted by Crippen LogP contribution is 2.23. The SMILES string of the molecule is CCCOc1ccc(-c2ccc(CCc3ccc(C(C)=O)cc3)cc2)cc1. The van der Waals surface area contributed by atoms with E-state index in [1.54, 1.807) is 6.92 Å². The van der Waals surface area contributed by atoms with Gasteiger partial charge in [0.1, 0.15) is 5.75 Å². The standard InChI is InChI=1S/C25H26O2/c1-3-18-27-25-16-14-24(15-17-25)23-12-8-21(9-13-23)5-4-20-6-10-22(11-7-20)19(2)26/h6-17H,3-5,18H2,1-2H3. The lowest BCUT2D eigenvalue weighted by Gasteiger charge is -2.08. The van der Waals surface area contributed by atoms with Crippen molar-refractivity contribution in [1.82, 2.24) is 0 Å². The second-order valence-corrected chi connectivity index (χ2v) is 6.82. The van der Waals surface area contributed by atoms with E-state index in [4.69, 9.17) is 4.74 Å². The molecular weight excluding hydrogens is 332 g/mol. The summed E-state index contributed by atoms with van der Waals surface area (Å²) in [5, 5.41) is 0. The molecule has 0 unspecified atom stereocenters. The van der Waals surface area contributed by atoms with Crippen LogP contribution in [0.4, 0.5) is 0 Å². The number of ketones is 1. The van der Waals surface area contributed by atoms with Crippen LogP contribution in [0.25, 0.3) is 11.1 Å². The van der Waals surface area contributed by atoms with E-state index < -0.39 is 0 Å². The molecule has 138 valence electrons. The molecular formula is C25H26O2. The second-order valence-electron chi connectivity index (χ2n) is 6.82. The summed E-state index contributed by atoms with van der Waals surface area (Å²) in [6.45, 7) is 4.46. The van der Waals surface area contributed by atoms with Gasteiger partial charge in [0.25, 0.3) is 0 Å². The fourth-order valence-electron chi connectivity index (χ4n) is 3.02. The van der Waals surface area contributed by atoms with E-state index in [2.05, 4.69) is 43.3 Å². The first-order chi connectivity index (χ1) is 13.2. The third kappa shape index (κ3) is 5.30. The number of ether oxygens (including phenoxy) is 1. The predicted molar refractivity (Wildman–Crippen MR) is 112 cm³/mol. The lowest BCUT2D eigenvalue weighted by molar-refractivity contribution is 0.101. The van der Waals surface area contributed by atoms with E-state index in [1.807, 2.05) is 36.4 Å². The highest BCUT2D eigenvalue weighted by Gasteiger charge is 2.02. The van der Waals surface area contributed by atoms with E-state index in [0.717, 1.165) is 37.2 Å². The Morgan fingerprint density at radius 2 is 1.22 bits per heavy atom. The van der Waals surface area contributed by atoms with Gasteiger partial charge in [-0.3, -0.25) is 4.79 Å². The van der Waals surface area contributed by atoms with E-state index in [-0.39, 0.29) is 5.78 Å². The number of hydrogen-bond donors (Lipinski definition) is 0. The number of carbonyl (C=O) groups is 1. The van der Waals surface area contributed by atoms with Gasteiger partial charge in [0.05, 0.1) is 6.61 Å². The minimum Gasteiger partial charge on any atom is -0.494 e. The Hall–Kier alpha value is -2.87. The third-order valence-corrected chi connectivity index (χ3v) is 4.68. The van der Waals surface area contributed by atoms with Crippen LogP contribution >= 0.6 is 0 Å². The average Bonchev–Trinajstić information content (AvgIpc) is 2.72. The molecule has 2 nitrogen and oxygen atoms in total. The van der Waals surface area contributed by atoms with Crippen LogP contribution < -0.4 is 4.74 Å². The van der Waals surface area contributed by atoms with Gasteiger partial charge in [-0.05, 0) is 60.6 Å². The van der Waals surface area contributed by atoms with Gasteiger partial charge in [-0.1, -0.05) is 67.6 Å². The lowest BCUT2D eigenvalue weighted by atomic mass is 9.99. The molecule has 0 saturated carbocycles. The maximum atomic E-state index is 11.3. The van der Waals surface area contributed by atoms with Crippen molar-refractivity contribution in [2.75, 3.05) is 6.61 Å². The molecule has 0 bridgehead atoms. The van der Waals surface area contributed by atoms with E-state index in [1.165, 1.54) is 22.3 Å². The smallest absolute Gasteiger partial charge is 0.159 e. The fraction of sp³-hybridized carbons (Fsp3) is 0.240. The van der Waals surface area contributed by atoms with Crippen LogP contribution in [0.2, 0.25) is 0 Å². The molecule has 3 aromatic rings. The number of hydrogen-bond acceptors (Lipinski definition) is 2. The van der Waals surface area contributed by atoms with Gasteiger partial charge in [0.15, 0.2) is 5.78 Å². The van der Waals surface area contributed by atoms with Crippen LogP contribution in [0.1, 0.15) is 41.8 Å². The summed E-state index contributed by atoms with van der Waals surface area (Å²) in [7, 11) is 0. The van der Waals surface area contributed by atoms with Gasteiger partial charge in [0.2, 0.25) is 0 Å². The van der Waals surface area contributed by atoms with Gasteiger partial charge in [-0.25, -0.2) is 0 Å². The normalized spacial score (nSPS) is 10.6. The molecule has 3 rings (SSSR count). The summed E-state index contributed by atoms with van der Waals surface area (Å²) >= 11 is 0. The summed E-state index contributed by atoms with van der Waals surface area (Å²) in [6.07, 6.45) is 2.98. The Balaban J connectivity index is 1.59. The van der Waals surface area contributed by atoms with Crippen molar-refractivity contribution in [1.29, 1.82) is 0 Å². The zero-order valence-corrected chi connectivity index (χ0v) is 16.1. The Labute approximate surface area is 161 Å². The topological polar surface area (TPSA) is 26.3 Å². The van der Waals surface area contributed by atoms with Crippen molar-refractivity contribution in [2.24, 2.45) is 0 Å². The molecule has 0 aliphatic carbocycles.